The molecule has 1 unspecified atom stereocenters. The molecule has 3 rings (SSSR count). The average molecular weight is 340 g/mol. The summed E-state index contributed by atoms with van der Waals surface area (Å²) in [6.07, 6.45) is 3.81. The maximum absolute atomic E-state index is 12.3. The number of carbonyl (C=O) groups excluding carboxylic acids is 1. The lowest BCUT2D eigenvalue weighted by Crippen LogP contribution is -2.33. The van der Waals surface area contributed by atoms with E-state index in [0.29, 0.717) is 24.7 Å². The van der Waals surface area contributed by atoms with Crippen LogP contribution in [0, 0.1) is 0 Å². The van der Waals surface area contributed by atoms with Gasteiger partial charge in [-0.15, -0.1) is 0 Å². The predicted octanol–water partition coefficient (Wildman–Crippen LogP) is 2.41. The van der Waals surface area contributed by atoms with Crippen molar-refractivity contribution in [3.05, 3.63) is 53.9 Å². The van der Waals surface area contributed by atoms with Crippen LogP contribution in [0.3, 0.4) is 0 Å². The summed E-state index contributed by atoms with van der Waals surface area (Å²) in [5, 5.41) is 2.90. The van der Waals surface area contributed by atoms with E-state index < -0.39 is 0 Å². The van der Waals surface area contributed by atoms with E-state index in [1.54, 1.807) is 12.3 Å². The van der Waals surface area contributed by atoms with Crippen LogP contribution >= 0.6 is 0 Å². The lowest BCUT2D eigenvalue weighted by atomic mass is 10.2. The van der Waals surface area contributed by atoms with Gasteiger partial charge in [0.2, 0.25) is 5.95 Å². The van der Waals surface area contributed by atoms with Gasteiger partial charge in [-0.1, -0.05) is 30.3 Å². The molecule has 1 fully saturated rings. The van der Waals surface area contributed by atoms with Gasteiger partial charge in [0.1, 0.15) is 5.69 Å². The van der Waals surface area contributed by atoms with E-state index in [2.05, 4.69) is 34.3 Å². The molecule has 2 aromatic rings. The van der Waals surface area contributed by atoms with Crippen LogP contribution in [0.15, 0.2) is 42.6 Å². The van der Waals surface area contributed by atoms with Crippen LogP contribution in [-0.2, 0) is 11.3 Å². The van der Waals surface area contributed by atoms with Crippen molar-refractivity contribution in [1.29, 1.82) is 0 Å². The normalized spacial score (nSPS) is 16.6. The van der Waals surface area contributed by atoms with Crippen molar-refractivity contribution in [2.45, 2.75) is 32.4 Å². The van der Waals surface area contributed by atoms with Crippen LogP contribution in [0.5, 0.6) is 0 Å². The molecule has 25 heavy (non-hydrogen) atoms. The Morgan fingerprint density at radius 2 is 2.16 bits per heavy atom. The Kier molecular flexibility index (Phi) is 5.95. The predicted molar refractivity (Wildman–Crippen MR) is 96.5 cm³/mol. The second-order valence-electron chi connectivity index (χ2n) is 6.09. The molecule has 0 spiro atoms. The van der Waals surface area contributed by atoms with E-state index in [9.17, 15) is 4.79 Å². The highest BCUT2D eigenvalue weighted by Crippen LogP contribution is 2.13. The van der Waals surface area contributed by atoms with Crippen LogP contribution < -0.4 is 10.2 Å². The van der Waals surface area contributed by atoms with Gasteiger partial charge in [0.15, 0.2) is 0 Å². The fourth-order valence-electron chi connectivity index (χ4n) is 2.86. The summed E-state index contributed by atoms with van der Waals surface area (Å²) < 4.78 is 5.53. The summed E-state index contributed by atoms with van der Waals surface area (Å²) in [4.78, 5) is 23.2. The van der Waals surface area contributed by atoms with Gasteiger partial charge in [-0.25, -0.2) is 9.97 Å². The first-order chi connectivity index (χ1) is 12.3. The highest BCUT2D eigenvalue weighted by molar-refractivity contribution is 5.92. The molecule has 1 saturated heterocycles. The van der Waals surface area contributed by atoms with Gasteiger partial charge >= 0.3 is 0 Å². The second-order valence-corrected chi connectivity index (χ2v) is 6.09. The fourth-order valence-corrected chi connectivity index (χ4v) is 2.86. The van der Waals surface area contributed by atoms with Gasteiger partial charge in [-0.3, -0.25) is 4.79 Å². The lowest BCUT2D eigenvalue weighted by molar-refractivity contribution is 0.0853. The molecule has 0 saturated carbocycles. The minimum Gasteiger partial charge on any atom is -0.376 e. The summed E-state index contributed by atoms with van der Waals surface area (Å²) >= 11 is 0. The summed E-state index contributed by atoms with van der Waals surface area (Å²) in [6, 6.07) is 11.8. The largest absolute Gasteiger partial charge is 0.376 e. The van der Waals surface area contributed by atoms with E-state index in [4.69, 9.17) is 4.74 Å². The van der Waals surface area contributed by atoms with Gasteiger partial charge in [0, 0.05) is 32.4 Å². The number of amides is 1. The van der Waals surface area contributed by atoms with E-state index in [1.165, 1.54) is 5.56 Å². The Bertz CT molecular complexity index is 687. The van der Waals surface area contributed by atoms with Crippen molar-refractivity contribution in [3.8, 4) is 0 Å². The number of benzene rings is 1. The van der Waals surface area contributed by atoms with Crippen LogP contribution in [0.1, 0.15) is 35.8 Å². The zero-order chi connectivity index (χ0) is 17.5. The fraction of sp³-hybridized carbons (Fsp3) is 0.421. The van der Waals surface area contributed by atoms with Crippen molar-refractivity contribution >= 4 is 11.9 Å². The van der Waals surface area contributed by atoms with Gasteiger partial charge in [-0.2, -0.15) is 0 Å². The third kappa shape index (κ3) is 4.76. The molecule has 1 N–H and O–H groups in total. The highest BCUT2D eigenvalue weighted by atomic mass is 16.5. The third-order valence-corrected chi connectivity index (χ3v) is 4.27. The molecule has 132 valence electrons. The zero-order valence-corrected chi connectivity index (χ0v) is 14.5. The van der Waals surface area contributed by atoms with Crippen LogP contribution in [0.25, 0.3) is 0 Å². The van der Waals surface area contributed by atoms with Crippen molar-refractivity contribution in [2.24, 2.45) is 0 Å². The number of anilines is 1. The Morgan fingerprint density at radius 1 is 1.32 bits per heavy atom. The number of rotatable bonds is 7. The lowest BCUT2D eigenvalue weighted by Gasteiger charge is -2.21. The Hall–Kier alpha value is -2.47. The van der Waals surface area contributed by atoms with Gasteiger partial charge in [-0.05, 0) is 31.4 Å². The second kappa shape index (κ2) is 8.58. The molecule has 1 aromatic heterocycles. The van der Waals surface area contributed by atoms with E-state index >= 15 is 0 Å². The van der Waals surface area contributed by atoms with Crippen LogP contribution in [0.4, 0.5) is 5.95 Å². The number of nitrogens with zero attached hydrogens (tertiary/aromatic N) is 3. The molecule has 0 aliphatic carbocycles. The zero-order valence-electron chi connectivity index (χ0n) is 14.5. The standard InChI is InChI=1S/C19H24N4O2/c1-2-23(14-15-7-4-3-5-8-15)19-20-11-10-17(22-19)18(24)21-13-16-9-6-12-25-16/h3-5,7-8,10-11,16H,2,6,9,12-14H2,1H3,(H,21,24). The maximum atomic E-state index is 12.3. The van der Waals surface area contributed by atoms with E-state index in [-0.39, 0.29) is 12.0 Å². The molecule has 1 aromatic carbocycles. The Balaban J connectivity index is 1.65. The molecule has 0 bridgehead atoms. The van der Waals surface area contributed by atoms with Crippen LogP contribution in [-0.4, -0.2) is 41.7 Å². The molecule has 1 aliphatic rings. The average Bonchev–Trinajstić information content (AvgIpc) is 3.19. The maximum Gasteiger partial charge on any atom is 0.270 e. The SMILES string of the molecule is CCN(Cc1ccccc1)c1nccc(C(=O)NCC2CCCO2)n1. The summed E-state index contributed by atoms with van der Waals surface area (Å²) in [7, 11) is 0. The van der Waals surface area contributed by atoms with Crippen molar-refractivity contribution in [1.82, 2.24) is 15.3 Å². The molecule has 0 radical (unpaired) electrons. The molecule has 1 aliphatic heterocycles. The number of hydrogen-bond acceptors (Lipinski definition) is 5. The number of hydrogen-bond donors (Lipinski definition) is 1. The first kappa shape index (κ1) is 17.4. The molecule has 6 heteroatoms. The number of nitrogens with one attached hydrogen (secondary N) is 1. The van der Waals surface area contributed by atoms with Crippen molar-refractivity contribution in [3.63, 3.8) is 0 Å². The summed E-state index contributed by atoms with van der Waals surface area (Å²) in [5.74, 6) is 0.381. The number of ether oxygens (including phenoxy) is 1. The smallest absolute Gasteiger partial charge is 0.270 e. The first-order valence-electron chi connectivity index (χ1n) is 8.78. The molecule has 2 heterocycles. The molecular formula is C19H24N4O2. The molecule has 6 nitrogen and oxygen atoms in total. The van der Waals surface area contributed by atoms with Crippen molar-refractivity contribution in [2.75, 3.05) is 24.6 Å². The molecule has 1 amide bonds. The minimum absolute atomic E-state index is 0.121. The van der Waals surface area contributed by atoms with Gasteiger partial charge in [0.05, 0.1) is 6.10 Å². The Labute approximate surface area is 148 Å². The summed E-state index contributed by atoms with van der Waals surface area (Å²) in [6.45, 7) is 4.83. The molecular weight excluding hydrogens is 316 g/mol. The van der Waals surface area contributed by atoms with Crippen molar-refractivity contribution < 1.29 is 9.53 Å². The molecule has 1 atom stereocenters. The topological polar surface area (TPSA) is 67.4 Å². The van der Waals surface area contributed by atoms with E-state index in [1.807, 2.05) is 23.1 Å². The number of carbonyl (C=O) groups is 1. The number of aromatic nitrogens is 2. The van der Waals surface area contributed by atoms with Gasteiger partial charge in [0.25, 0.3) is 5.91 Å². The quantitative estimate of drug-likeness (QED) is 0.838. The Morgan fingerprint density at radius 3 is 2.88 bits per heavy atom. The van der Waals surface area contributed by atoms with E-state index in [0.717, 1.165) is 26.0 Å². The monoisotopic (exact) mass is 340 g/mol. The first-order valence-corrected chi connectivity index (χ1v) is 8.78. The highest BCUT2D eigenvalue weighted by Gasteiger charge is 2.18. The summed E-state index contributed by atoms with van der Waals surface area (Å²) in [5.41, 5.74) is 1.57. The van der Waals surface area contributed by atoms with Crippen LogP contribution in [0.2, 0.25) is 0 Å². The third-order valence-electron chi connectivity index (χ3n) is 4.27. The van der Waals surface area contributed by atoms with Gasteiger partial charge < -0.3 is 15.0 Å². The minimum atomic E-state index is -0.185.